The van der Waals surface area contributed by atoms with Gasteiger partial charge >= 0.3 is 15.5 Å². The van der Waals surface area contributed by atoms with Gasteiger partial charge < -0.3 is 10.6 Å². The quantitative estimate of drug-likeness (QED) is 0.560. The summed E-state index contributed by atoms with van der Waals surface area (Å²) < 4.78 is 61.1. The van der Waals surface area contributed by atoms with Gasteiger partial charge in [-0.3, -0.25) is 4.99 Å². The standard InChI is InChI=1S/C16H22ClF3N4O2S/c1-21-15(22-10-12-2-4-14(17)5-3-12)23-11-13-6-8-24(9-7-13)27(25,26)16(18,19)20/h2-5,13H,6-11H2,1H3,(H2,21,22,23). The van der Waals surface area contributed by atoms with Crippen molar-refractivity contribution in [2.24, 2.45) is 10.9 Å². The molecule has 0 saturated carbocycles. The van der Waals surface area contributed by atoms with Gasteiger partial charge in [0.1, 0.15) is 0 Å². The van der Waals surface area contributed by atoms with E-state index in [-0.39, 0.29) is 19.0 Å². The number of halogens is 4. The summed E-state index contributed by atoms with van der Waals surface area (Å²) >= 11 is 5.84. The van der Waals surface area contributed by atoms with Crippen LogP contribution >= 0.6 is 11.6 Å². The van der Waals surface area contributed by atoms with Gasteiger partial charge in [0, 0.05) is 38.2 Å². The highest BCUT2D eigenvalue weighted by Gasteiger charge is 2.50. The molecule has 1 fully saturated rings. The lowest BCUT2D eigenvalue weighted by atomic mass is 9.98. The lowest BCUT2D eigenvalue weighted by Crippen LogP contribution is -2.47. The Hall–Kier alpha value is -1.52. The number of piperidine rings is 1. The smallest absolute Gasteiger partial charge is 0.356 e. The summed E-state index contributed by atoms with van der Waals surface area (Å²) in [6, 6.07) is 7.36. The molecule has 11 heteroatoms. The van der Waals surface area contributed by atoms with Crippen molar-refractivity contribution in [3.8, 4) is 0 Å². The van der Waals surface area contributed by atoms with Crippen LogP contribution < -0.4 is 10.6 Å². The highest BCUT2D eigenvalue weighted by Crippen LogP contribution is 2.30. The topological polar surface area (TPSA) is 73.8 Å². The third kappa shape index (κ3) is 5.98. The molecule has 27 heavy (non-hydrogen) atoms. The van der Waals surface area contributed by atoms with E-state index in [0.717, 1.165) is 5.56 Å². The van der Waals surface area contributed by atoms with E-state index < -0.39 is 15.5 Å². The highest BCUT2D eigenvalue weighted by atomic mass is 35.5. The lowest BCUT2D eigenvalue weighted by molar-refractivity contribution is -0.0496. The Morgan fingerprint density at radius 1 is 1.22 bits per heavy atom. The number of alkyl halides is 3. The van der Waals surface area contributed by atoms with Crippen LogP contribution in [0.3, 0.4) is 0 Å². The number of sulfonamides is 1. The van der Waals surface area contributed by atoms with Crippen molar-refractivity contribution in [2.75, 3.05) is 26.7 Å². The van der Waals surface area contributed by atoms with Gasteiger partial charge in [0.15, 0.2) is 5.96 Å². The number of hydrogen-bond acceptors (Lipinski definition) is 3. The first kappa shape index (κ1) is 21.8. The van der Waals surface area contributed by atoms with E-state index in [2.05, 4.69) is 15.6 Å². The zero-order valence-corrected chi connectivity index (χ0v) is 16.3. The van der Waals surface area contributed by atoms with Crippen molar-refractivity contribution in [1.82, 2.24) is 14.9 Å². The molecule has 0 amide bonds. The number of benzene rings is 1. The van der Waals surface area contributed by atoms with E-state index in [4.69, 9.17) is 11.6 Å². The molecule has 1 aromatic rings. The zero-order chi connectivity index (χ0) is 20.1. The maximum atomic E-state index is 12.6. The van der Waals surface area contributed by atoms with E-state index in [9.17, 15) is 21.6 Å². The van der Waals surface area contributed by atoms with Gasteiger partial charge in [0.25, 0.3) is 0 Å². The molecule has 0 unspecified atom stereocenters. The van der Waals surface area contributed by atoms with Crippen molar-refractivity contribution in [2.45, 2.75) is 24.9 Å². The Balaban J connectivity index is 1.77. The molecule has 1 heterocycles. The van der Waals surface area contributed by atoms with Crippen LogP contribution in [-0.4, -0.2) is 50.9 Å². The maximum Gasteiger partial charge on any atom is 0.511 e. The number of hydrogen-bond donors (Lipinski definition) is 2. The summed E-state index contributed by atoms with van der Waals surface area (Å²) in [6.07, 6.45) is 0.715. The first-order chi connectivity index (χ1) is 12.6. The third-order valence-electron chi connectivity index (χ3n) is 4.36. The molecule has 1 aliphatic rings. The summed E-state index contributed by atoms with van der Waals surface area (Å²) in [6.45, 7) is 0.773. The summed E-state index contributed by atoms with van der Waals surface area (Å²) in [5.41, 5.74) is -4.22. The van der Waals surface area contributed by atoms with Crippen LogP contribution in [0, 0.1) is 5.92 Å². The van der Waals surface area contributed by atoms with Crippen molar-refractivity contribution < 1.29 is 21.6 Å². The second kappa shape index (κ2) is 9.11. The Morgan fingerprint density at radius 2 is 1.81 bits per heavy atom. The van der Waals surface area contributed by atoms with Crippen molar-refractivity contribution >= 4 is 27.6 Å². The molecular formula is C16H22ClF3N4O2S. The average molecular weight is 427 g/mol. The van der Waals surface area contributed by atoms with Gasteiger partial charge in [-0.15, -0.1) is 0 Å². The number of nitrogens with one attached hydrogen (secondary N) is 2. The minimum atomic E-state index is -5.24. The fraction of sp³-hybridized carbons (Fsp3) is 0.562. The van der Waals surface area contributed by atoms with Crippen LogP contribution in [0.1, 0.15) is 18.4 Å². The summed E-state index contributed by atoms with van der Waals surface area (Å²) in [7, 11) is -3.61. The normalized spacial score (nSPS) is 17.7. The van der Waals surface area contributed by atoms with Gasteiger partial charge in [-0.25, -0.2) is 8.42 Å². The van der Waals surface area contributed by atoms with Crippen LogP contribution in [-0.2, 0) is 16.6 Å². The fourth-order valence-electron chi connectivity index (χ4n) is 2.75. The monoisotopic (exact) mass is 426 g/mol. The molecule has 1 aliphatic heterocycles. The molecule has 0 atom stereocenters. The molecule has 0 aromatic heterocycles. The Labute approximate surface area is 161 Å². The van der Waals surface area contributed by atoms with Crippen LogP contribution in [0.4, 0.5) is 13.2 Å². The summed E-state index contributed by atoms with van der Waals surface area (Å²) in [5, 5.41) is 6.92. The minimum Gasteiger partial charge on any atom is -0.356 e. The number of nitrogens with zero attached hydrogens (tertiary/aromatic N) is 2. The van der Waals surface area contributed by atoms with Crippen LogP contribution in [0.2, 0.25) is 5.02 Å². The molecule has 0 radical (unpaired) electrons. The lowest BCUT2D eigenvalue weighted by Gasteiger charge is -2.31. The molecule has 0 bridgehead atoms. The van der Waals surface area contributed by atoms with E-state index >= 15 is 0 Å². The molecule has 0 spiro atoms. The highest BCUT2D eigenvalue weighted by molar-refractivity contribution is 7.90. The zero-order valence-electron chi connectivity index (χ0n) is 14.8. The van der Waals surface area contributed by atoms with Gasteiger partial charge in [-0.1, -0.05) is 23.7 Å². The summed E-state index contributed by atoms with van der Waals surface area (Å²) in [4.78, 5) is 4.10. The van der Waals surface area contributed by atoms with Gasteiger partial charge in [-0.05, 0) is 36.5 Å². The van der Waals surface area contributed by atoms with E-state index in [1.807, 2.05) is 12.1 Å². The molecule has 2 rings (SSSR count). The van der Waals surface area contributed by atoms with E-state index in [1.54, 1.807) is 19.2 Å². The molecule has 0 aliphatic carbocycles. The third-order valence-corrected chi connectivity index (χ3v) is 6.24. The first-order valence-electron chi connectivity index (χ1n) is 8.39. The van der Waals surface area contributed by atoms with Crippen molar-refractivity contribution in [3.05, 3.63) is 34.9 Å². The first-order valence-corrected chi connectivity index (χ1v) is 10.2. The Bertz CT molecular complexity index is 746. The van der Waals surface area contributed by atoms with Crippen LogP contribution in [0.15, 0.2) is 29.3 Å². The Morgan fingerprint density at radius 3 is 2.33 bits per heavy atom. The van der Waals surface area contributed by atoms with Gasteiger partial charge in [0.2, 0.25) is 0 Å². The molecule has 1 aromatic carbocycles. The van der Waals surface area contributed by atoms with E-state index in [1.165, 1.54) is 0 Å². The molecule has 2 N–H and O–H groups in total. The molecule has 152 valence electrons. The molecular weight excluding hydrogens is 405 g/mol. The largest absolute Gasteiger partial charge is 0.511 e. The van der Waals surface area contributed by atoms with Gasteiger partial charge in [0.05, 0.1) is 0 Å². The van der Waals surface area contributed by atoms with Crippen molar-refractivity contribution in [3.63, 3.8) is 0 Å². The molecule has 6 nitrogen and oxygen atoms in total. The fourth-order valence-corrected chi connectivity index (χ4v) is 3.86. The van der Waals surface area contributed by atoms with Gasteiger partial charge in [-0.2, -0.15) is 17.5 Å². The average Bonchev–Trinajstić information content (AvgIpc) is 2.62. The minimum absolute atomic E-state index is 0.0683. The molecule has 1 saturated heterocycles. The number of rotatable bonds is 5. The maximum absolute atomic E-state index is 12.6. The summed E-state index contributed by atoms with van der Waals surface area (Å²) in [5.74, 6) is 0.633. The second-order valence-electron chi connectivity index (χ2n) is 6.23. The number of guanidine groups is 1. The SMILES string of the molecule is CN=C(NCc1ccc(Cl)cc1)NCC1CCN(S(=O)(=O)C(F)(F)F)CC1. The second-order valence-corrected chi connectivity index (χ2v) is 8.59. The van der Waals surface area contributed by atoms with Crippen molar-refractivity contribution in [1.29, 1.82) is 0 Å². The van der Waals surface area contributed by atoms with Crippen LogP contribution in [0.5, 0.6) is 0 Å². The Kier molecular flexibility index (Phi) is 7.35. The van der Waals surface area contributed by atoms with Crippen LogP contribution in [0.25, 0.3) is 0 Å². The predicted octanol–water partition coefficient (Wildman–Crippen LogP) is 2.57. The number of aliphatic imine (C=N–C) groups is 1. The van der Waals surface area contributed by atoms with E-state index in [0.29, 0.717) is 41.2 Å². The predicted molar refractivity (Wildman–Crippen MR) is 98.9 cm³/mol.